The molecule has 0 aliphatic carbocycles. The SMILES string of the molecule is CCC(=O)ON1CC(c2ccsc2)C1=O. The first-order valence-electron chi connectivity index (χ1n) is 4.76. The zero-order valence-electron chi connectivity index (χ0n) is 8.30. The van der Waals surface area contributed by atoms with Gasteiger partial charge >= 0.3 is 5.97 Å². The number of hydrogen-bond acceptors (Lipinski definition) is 4. The molecule has 2 heterocycles. The van der Waals surface area contributed by atoms with Crippen molar-refractivity contribution in [2.24, 2.45) is 0 Å². The normalized spacial score (nSPS) is 19.9. The van der Waals surface area contributed by atoms with Gasteiger partial charge in [-0.05, 0) is 22.4 Å². The van der Waals surface area contributed by atoms with Crippen LogP contribution >= 0.6 is 11.3 Å². The Bertz CT molecular complexity index is 374. The van der Waals surface area contributed by atoms with E-state index in [1.165, 1.54) is 0 Å². The molecule has 0 bridgehead atoms. The summed E-state index contributed by atoms with van der Waals surface area (Å²) >= 11 is 1.56. The minimum absolute atomic E-state index is 0.124. The third-order valence-electron chi connectivity index (χ3n) is 2.34. The van der Waals surface area contributed by atoms with Crippen molar-refractivity contribution in [2.75, 3.05) is 6.54 Å². The highest BCUT2D eigenvalue weighted by Crippen LogP contribution is 2.30. The van der Waals surface area contributed by atoms with E-state index in [0.29, 0.717) is 6.54 Å². The lowest BCUT2D eigenvalue weighted by Gasteiger charge is -2.35. The summed E-state index contributed by atoms with van der Waals surface area (Å²) in [7, 11) is 0. The molecule has 1 aromatic rings. The molecule has 5 heteroatoms. The van der Waals surface area contributed by atoms with E-state index in [1.807, 2.05) is 16.8 Å². The molecule has 0 saturated carbocycles. The molecule has 2 rings (SSSR count). The number of carbonyl (C=O) groups excluding carboxylic acids is 2. The molecular weight excluding hydrogens is 214 g/mol. The molecule has 1 aliphatic heterocycles. The fourth-order valence-corrected chi connectivity index (χ4v) is 2.10. The Morgan fingerprint density at radius 3 is 3.07 bits per heavy atom. The average molecular weight is 225 g/mol. The second-order valence-electron chi connectivity index (χ2n) is 3.33. The summed E-state index contributed by atoms with van der Waals surface area (Å²) in [6, 6.07) is 1.92. The molecular formula is C10H11NO3S. The van der Waals surface area contributed by atoms with Crippen LogP contribution in [0, 0.1) is 0 Å². The number of hydroxylamine groups is 2. The Hall–Kier alpha value is -1.36. The van der Waals surface area contributed by atoms with Crippen LogP contribution in [-0.2, 0) is 14.4 Å². The predicted molar refractivity (Wildman–Crippen MR) is 55.2 cm³/mol. The van der Waals surface area contributed by atoms with E-state index in [-0.39, 0.29) is 24.2 Å². The molecule has 1 aliphatic rings. The van der Waals surface area contributed by atoms with E-state index >= 15 is 0 Å². The highest BCUT2D eigenvalue weighted by Gasteiger charge is 2.40. The Morgan fingerprint density at radius 2 is 2.53 bits per heavy atom. The van der Waals surface area contributed by atoms with E-state index in [4.69, 9.17) is 4.84 Å². The molecule has 1 unspecified atom stereocenters. The quantitative estimate of drug-likeness (QED) is 0.733. The van der Waals surface area contributed by atoms with Crippen LogP contribution in [0.4, 0.5) is 0 Å². The van der Waals surface area contributed by atoms with E-state index in [9.17, 15) is 9.59 Å². The molecule has 1 amide bonds. The molecule has 1 fully saturated rings. The Morgan fingerprint density at radius 1 is 1.73 bits per heavy atom. The number of hydrogen-bond donors (Lipinski definition) is 0. The van der Waals surface area contributed by atoms with E-state index in [0.717, 1.165) is 10.6 Å². The fourth-order valence-electron chi connectivity index (χ4n) is 1.39. The number of thiophene rings is 1. The van der Waals surface area contributed by atoms with E-state index in [2.05, 4.69) is 0 Å². The molecule has 0 N–H and O–H groups in total. The van der Waals surface area contributed by atoms with Crippen molar-refractivity contribution in [1.82, 2.24) is 5.06 Å². The largest absolute Gasteiger partial charge is 0.338 e. The summed E-state index contributed by atoms with van der Waals surface area (Å²) in [5, 5.41) is 5.01. The lowest BCUT2D eigenvalue weighted by atomic mass is 9.95. The van der Waals surface area contributed by atoms with Crippen molar-refractivity contribution >= 4 is 23.2 Å². The summed E-state index contributed by atoms with van der Waals surface area (Å²) in [5.41, 5.74) is 1.01. The molecule has 80 valence electrons. The van der Waals surface area contributed by atoms with Gasteiger partial charge in [-0.2, -0.15) is 16.4 Å². The van der Waals surface area contributed by atoms with Gasteiger partial charge in [0.1, 0.15) is 0 Å². The van der Waals surface area contributed by atoms with Crippen molar-refractivity contribution in [3.05, 3.63) is 22.4 Å². The summed E-state index contributed by atoms with van der Waals surface area (Å²) in [6.45, 7) is 2.17. The highest BCUT2D eigenvalue weighted by molar-refractivity contribution is 7.08. The number of β-lactam (4-membered cyclic amide) rings is 1. The van der Waals surface area contributed by atoms with Crippen molar-refractivity contribution < 1.29 is 14.4 Å². The first-order chi connectivity index (χ1) is 7.22. The maximum atomic E-state index is 11.6. The maximum Gasteiger partial charge on any atom is 0.332 e. The van der Waals surface area contributed by atoms with Gasteiger partial charge in [-0.15, -0.1) is 0 Å². The monoisotopic (exact) mass is 225 g/mol. The van der Waals surface area contributed by atoms with Crippen LogP contribution in [-0.4, -0.2) is 23.5 Å². The van der Waals surface area contributed by atoms with Crippen LogP contribution < -0.4 is 0 Å². The van der Waals surface area contributed by atoms with Crippen LogP contribution in [0.1, 0.15) is 24.8 Å². The maximum absolute atomic E-state index is 11.6. The summed E-state index contributed by atoms with van der Waals surface area (Å²) in [5.74, 6) is -0.622. The van der Waals surface area contributed by atoms with E-state index < -0.39 is 0 Å². The lowest BCUT2D eigenvalue weighted by molar-refractivity contribution is -0.215. The first kappa shape index (κ1) is 10.2. The molecule has 0 aromatic carbocycles. The summed E-state index contributed by atoms with van der Waals surface area (Å²) in [4.78, 5) is 27.3. The van der Waals surface area contributed by atoms with Gasteiger partial charge in [0.15, 0.2) is 0 Å². The molecule has 1 saturated heterocycles. The average Bonchev–Trinajstić information content (AvgIpc) is 2.75. The predicted octanol–water partition coefficient (Wildman–Crippen LogP) is 1.54. The first-order valence-corrected chi connectivity index (χ1v) is 5.71. The zero-order chi connectivity index (χ0) is 10.8. The van der Waals surface area contributed by atoms with Gasteiger partial charge in [0, 0.05) is 6.42 Å². The summed E-state index contributed by atoms with van der Waals surface area (Å²) in [6.07, 6.45) is 0.285. The van der Waals surface area contributed by atoms with Gasteiger partial charge in [0.2, 0.25) is 0 Å². The van der Waals surface area contributed by atoms with Crippen LogP contribution in [0.5, 0.6) is 0 Å². The third kappa shape index (κ3) is 1.87. The topological polar surface area (TPSA) is 46.6 Å². The second-order valence-corrected chi connectivity index (χ2v) is 4.11. The van der Waals surface area contributed by atoms with Gasteiger partial charge in [-0.25, -0.2) is 4.79 Å². The van der Waals surface area contributed by atoms with Crippen LogP contribution in [0.15, 0.2) is 16.8 Å². The van der Waals surface area contributed by atoms with Gasteiger partial charge in [-0.1, -0.05) is 6.92 Å². The molecule has 0 radical (unpaired) electrons. The number of carbonyl (C=O) groups is 2. The van der Waals surface area contributed by atoms with Gasteiger partial charge in [0.05, 0.1) is 12.5 Å². The molecule has 15 heavy (non-hydrogen) atoms. The van der Waals surface area contributed by atoms with Crippen LogP contribution in [0.2, 0.25) is 0 Å². The molecule has 1 aromatic heterocycles. The third-order valence-corrected chi connectivity index (χ3v) is 3.04. The molecule has 1 atom stereocenters. The van der Waals surface area contributed by atoms with Gasteiger partial charge < -0.3 is 4.84 Å². The minimum Gasteiger partial charge on any atom is -0.338 e. The van der Waals surface area contributed by atoms with Crippen LogP contribution in [0.3, 0.4) is 0 Å². The Kier molecular flexibility index (Phi) is 2.73. The highest BCUT2D eigenvalue weighted by atomic mass is 32.1. The number of rotatable bonds is 3. The second kappa shape index (κ2) is 4.02. The van der Waals surface area contributed by atoms with Gasteiger partial charge in [-0.3, -0.25) is 4.79 Å². The summed E-state index contributed by atoms with van der Waals surface area (Å²) < 4.78 is 0. The van der Waals surface area contributed by atoms with Crippen molar-refractivity contribution in [3.8, 4) is 0 Å². The van der Waals surface area contributed by atoms with Crippen LogP contribution in [0.25, 0.3) is 0 Å². The molecule has 0 spiro atoms. The van der Waals surface area contributed by atoms with Crippen molar-refractivity contribution in [3.63, 3.8) is 0 Å². The zero-order valence-corrected chi connectivity index (χ0v) is 9.12. The number of nitrogens with zero attached hydrogens (tertiary/aromatic N) is 1. The Labute approximate surface area is 91.4 Å². The van der Waals surface area contributed by atoms with E-state index in [1.54, 1.807) is 18.3 Å². The minimum atomic E-state index is -0.368. The fraction of sp³-hybridized carbons (Fsp3) is 0.400. The van der Waals surface area contributed by atoms with Gasteiger partial charge in [0.25, 0.3) is 5.91 Å². The lowest BCUT2D eigenvalue weighted by Crippen LogP contribution is -2.51. The smallest absolute Gasteiger partial charge is 0.332 e. The Balaban J connectivity index is 1.92. The van der Waals surface area contributed by atoms with Crippen molar-refractivity contribution in [2.45, 2.75) is 19.3 Å². The number of amides is 1. The standard InChI is InChI=1S/C10H11NO3S/c1-2-9(12)14-11-5-8(10(11)13)7-3-4-15-6-7/h3-4,6,8H,2,5H2,1H3. The van der Waals surface area contributed by atoms with Crippen molar-refractivity contribution in [1.29, 1.82) is 0 Å². The molecule has 4 nitrogen and oxygen atoms in total.